The predicted octanol–water partition coefficient (Wildman–Crippen LogP) is -1.06. The number of anilines is 2. The van der Waals surface area contributed by atoms with Gasteiger partial charge in [-0.3, -0.25) is 5.32 Å². The van der Waals surface area contributed by atoms with Gasteiger partial charge in [0.1, 0.15) is 17.6 Å². The van der Waals surface area contributed by atoms with Gasteiger partial charge in [-0.05, 0) is 32.9 Å². The fraction of sp³-hybridized carbons (Fsp3) is 0.571. The number of nitrogens with one attached hydrogen (secondary N) is 1. The summed E-state index contributed by atoms with van der Waals surface area (Å²) in [6.45, 7) is 4.08. The van der Waals surface area contributed by atoms with Crippen LogP contribution in [0.2, 0.25) is 0 Å². The highest BCUT2D eigenvalue weighted by molar-refractivity contribution is 5.68. The molecule has 0 saturated carbocycles. The van der Waals surface area contributed by atoms with Crippen molar-refractivity contribution in [3.63, 3.8) is 0 Å². The summed E-state index contributed by atoms with van der Waals surface area (Å²) in [5.41, 5.74) is 5.09. The van der Waals surface area contributed by atoms with Crippen LogP contribution >= 0.6 is 0 Å². The monoisotopic (exact) mass is 344 g/mol. The van der Waals surface area contributed by atoms with Crippen molar-refractivity contribution in [3.05, 3.63) is 18.3 Å². The molecule has 1 heterocycles. The largest absolute Gasteiger partial charge is 0.444 e. The first-order valence-electron chi connectivity index (χ1n) is 7.17. The van der Waals surface area contributed by atoms with Gasteiger partial charge in [-0.1, -0.05) is 0 Å². The Morgan fingerprint density at radius 2 is 2.00 bits per heavy atom. The number of hydrogen-bond donors (Lipinski definition) is 6. The third-order valence-corrected chi connectivity index (χ3v) is 2.62. The minimum absolute atomic E-state index is 0.245. The Bertz CT molecular complexity index is 538. The summed E-state index contributed by atoms with van der Waals surface area (Å²) in [4.78, 5) is 16.7. The van der Waals surface area contributed by atoms with Gasteiger partial charge in [-0.2, -0.15) is 0 Å². The molecule has 0 saturated heterocycles. The van der Waals surface area contributed by atoms with E-state index in [0.29, 0.717) is 5.69 Å². The SMILES string of the molecule is CC(C)(C)OC(=O)NC(O)CN(CC(O)(O)O)c1ccc(N)nc1. The zero-order valence-corrected chi connectivity index (χ0v) is 13.8. The van der Waals surface area contributed by atoms with Crippen LogP contribution in [0.1, 0.15) is 20.8 Å². The number of aliphatic hydroxyl groups excluding tert-OH is 1. The van der Waals surface area contributed by atoms with E-state index in [4.69, 9.17) is 10.5 Å². The number of carbonyl (C=O) groups excluding carboxylic acids is 1. The molecule has 0 spiro atoms. The van der Waals surface area contributed by atoms with E-state index < -0.39 is 30.4 Å². The van der Waals surface area contributed by atoms with Gasteiger partial charge in [-0.15, -0.1) is 0 Å². The summed E-state index contributed by atoms with van der Waals surface area (Å²) in [7, 11) is 0. The zero-order valence-electron chi connectivity index (χ0n) is 13.8. The predicted molar refractivity (Wildman–Crippen MR) is 85.6 cm³/mol. The summed E-state index contributed by atoms with van der Waals surface area (Å²) in [6.07, 6.45) is -0.922. The maximum absolute atomic E-state index is 11.6. The van der Waals surface area contributed by atoms with Gasteiger partial charge in [0, 0.05) is 0 Å². The molecule has 0 radical (unpaired) electrons. The lowest BCUT2D eigenvalue weighted by atomic mass is 10.2. The summed E-state index contributed by atoms with van der Waals surface area (Å²) in [5, 5.41) is 39.7. The Morgan fingerprint density at radius 1 is 1.38 bits per heavy atom. The topological polar surface area (TPSA) is 161 Å². The summed E-state index contributed by atoms with van der Waals surface area (Å²) in [6, 6.07) is 2.97. The quantitative estimate of drug-likeness (QED) is 0.353. The minimum Gasteiger partial charge on any atom is -0.444 e. The van der Waals surface area contributed by atoms with Crippen molar-refractivity contribution < 1.29 is 30.0 Å². The van der Waals surface area contributed by atoms with Crippen LogP contribution < -0.4 is 16.0 Å². The van der Waals surface area contributed by atoms with Crippen LogP contribution in [-0.4, -0.2) is 62.4 Å². The van der Waals surface area contributed by atoms with Gasteiger partial charge < -0.3 is 35.8 Å². The number of ether oxygens (including phenoxy) is 1. The molecule has 0 aliphatic rings. The van der Waals surface area contributed by atoms with Crippen LogP contribution in [-0.2, 0) is 4.74 Å². The number of aliphatic hydroxyl groups is 4. The normalized spacial score (nSPS) is 13.3. The minimum atomic E-state index is -3.01. The van der Waals surface area contributed by atoms with Gasteiger partial charge >= 0.3 is 6.09 Å². The highest BCUT2D eigenvalue weighted by Gasteiger charge is 2.26. The van der Waals surface area contributed by atoms with E-state index in [2.05, 4.69) is 10.3 Å². The number of alkyl carbamates (subject to hydrolysis) is 1. The molecule has 7 N–H and O–H groups in total. The number of carbonyl (C=O) groups is 1. The number of nitrogens with two attached hydrogens (primary N) is 1. The molecule has 10 nitrogen and oxygen atoms in total. The molecule has 1 aromatic heterocycles. The van der Waals surface area contributed by atoms with E-state index in [9.17, 15) is 25.2 Å². The molecule has 1 amide bonds. The van der Waals surface area contributed by atoms with E-state index in [1.54, 1.807) is 20.8 Å². The van der Waals surface area contributed by atoms with Gasteiger partial charge in [0.25, 0.3) is 5.97 Å². The second-order valence-corrected chi connectivity index (χ2v) is 6.26. The van der Waals surface area contributed by atoms with E-state index in [0.717, 1.165) is 0 Å². The fourth-order valence-corrected chi connectivity index (χ4v) is 1.80. The first-order valence-corrected chi connectivity index (χ1v) is 7.17. The van der Waals surface area contributed by atoms with Gasteiger partial charge in [0.15, 0.2) is 0 Å². The molecule has 0 bridgehead atoms. The molecule has 0 aromatic carbocycles. The summed E-state index contributed by atoms with van der Waals surface area (Å²) < 4.78 is 5.01. The summed E-state index contributed by atoms with van der Waals surface area (Å²) >= 11 is 0. The van der Waals surface area contributed by atoms with Crippen molar-refractivity contribution in [2.75, 3.05) is 23.7 Å². The number of nitrogen functional groups attached to an aromatic ring is 1. The molecule has 10 heteroatoms. The smallest absolute Gasteiger partial charge is 0.409 e. The molecule has 0 fully saturated rings. The second kappa shape index (κ2) is 7.62. The van der Waals surface area contributed by atoms with Crippen LogP contribution in [0.3, 0.4) is 0 Å². The number of rotatable bonds is 6. The van der Waals surface area contributed by atoms with Crippen LogP contribution in [0.25, 0.3) is 0 Å². The van der Waals surface area contributed by atoms with Gasteiger partial charge in [0.2, 0.25) is 0 Å². The second-order valence-electron chi connectivity index (χ2n) is 6.26. The average molecular weight is 344 g/mol. The third-order valence-electron chi connectivity index (χ3n) is 2.62. The lowest BCUT2D eigenvalue weighted by molar-refractivity contribution is -0.303. The Kier molecular flexibility index (Phi) is 6.32. The van der Waals surface area contributed by atoms with Crippen LogP contribution in [0.4, 0.5) is 16.3 Å². The number of pyridine rings is 1. The standard InChI is InChI=1S/C14H24N4O6/c1-13(2,3)24-12(20)17-11(19)7-18(8-14(21,22)23)9-4-5-10(15)16-6-9/h4-6,11,19,21-23H,7-8H2,1-3H3,(H2,15,16)(H,17,20). The molecular formula is C14H24N4O6. The lowest BCUT2D eigenvalue weighted by Crippen LogP contribution is -2.50. The number of nitrogens with zero attached hydrogens (tertiary/aromatic N) is 2. The maximum atomic E-state index is 11.6. The first-order chi connectivity index (χ1) is 10.9. The van der Waals surface area contributed by atoms with Gasteiger partial charge in [-0.25, -0.2) is 9.78 Å². The fourth-order valence-electron chi connectivity index (χ4n) is 1.80. The molecular weight excluding hydrogens is 320 g/mol. The Morgan fingerprint density at radius 3 is 2.46 bits per heavy atom. The maximum Gasteiger partial charge on any atom is 0.409 e. The van der Waals surface area contributed by atoms with Crippen molar-refractivity contribution in [3.8, 4) is 0 Å². The zero-order chi connectivity index (χ0) is 18.5. The molecule has 1 rings (SSSR count). The van der Waals surface area contributed by atoms with Crippen molar-refractivity contribution in [1.82, 2.24) is 10.3 Å². The first kappa shape index (κ1) is 19.9. The highest BCUT2D eigenvalue weighted by Crippen LogP contribution is 2.16. The van der Waals surface area contributed by atoms with Crippen molar-refractivity contribution in [2.24, 2.45) is 0 Å². The van der Waals surface area contributed by atoms with E-state index in [-0.39, 0.29) is 12.4 Å². The van der Waals surface area contributed by atoms with Crippen LogP contribution in [0.5, 0.6) is 0 Å². The third kappa shape index (κ3) is 7.92. The number of hydrogen-bond acceptors (Lipinski definition) is 9. The van der Waals surface area contributed by atoms with E-state index >= 15 is 0 Å². The Labute approximate surface area is 139 Å². The van der Waals surface area contributed by atoms with Gasteiger partial charge in [0.05, 0.1) is 25.0 Å². The Hall–Kier alpha value is -2.14. The average Bonchev–Trinajstić information content (AvgIpc) is 2.34. The molecule has 1 atom stereocenters. The molecule has 0 aliphatic carbocycles. The van der Waals surface area contributed by atoms with Crippen molar-refractivity contribution >= 4 is 17.6 Å². The highest BCUT2D eigenvalue weighted by atomic mass is 16.7. The van der Waals surface area contributed by atoms with Crippen LogP contribution in [0, 0.1) is 0 Å². The van der Waals surface area contributed by atoms with Crippen molar-refractivity contribution in [1.29, 1.82) is 0 Å². The Balaban J connectivity index is 2.77. The molecule has 0 aliphatic heterocycles. The molecule has 1 aromatic rings. The summed E-state index contributed by atoms with van der Waals surface area (Å²) in [5.74, 6) is -2.76. The molecule has 1 unspecified atom stereocenters. The lowest BCUT2D eigenvalue weighted by Gasteiger charge is -2.30. The molecule has 24 heavy (non-hydrogen) atoms. The van der Waals surface area contributed by atoms with Crippen molar-refractivity contribution in [2.45, 2.75) is 38.6 Å². The van der Waals surface area contributed by atoms with Crippen LogP contribution in [0.15, 0.2) is 18.3 Å². The van der Waals surface area contributed by atoms with E-state index in [1.807, 2.05) is 0 Å². The number of aromatic nitrogens is 1. The molecule has 136 valence electrons. The van der Waals surface area contributed by atoms with E-state index in [1.165, 1.54) is 23.2 Å². The number of amides is 1.